The number of carbonyl (C=O) groups excluding carboxylic acids is 1. The van der Waals surface area contributed by atoms with E-state index in [9.17, 15) is 14.7 Å². The lowest BCUT2D eigenvalue weighted by Crippen LogP contribution is -2.43. The van der Waals surface area contributed by atoms with Crippen LogP contribution in [0.3, 0.4) is 0 Å². The molecule has 0 radical (unpaired) electrons. The first-order valence-electron chi connectivity index (χ1n) is 13.7. The fraction of sp³-hybridized carbons (Fsp3) is 0.394. The molecule has 1 amide bonds. The average molecular weight is 566 g/mol. The van der Waals surface area contributed by atoms with Gasteiger partial charge in [-0.15, -0.1) is 0 Å². The van der Waals surface area contributed by atoms with Crippen molar-refractivity contribution in [3.05, 3.63) is 100 Å². The third-order valence-corrected chi connectivity index (χ3v) is 7.24. The number of hydrogen-bond acceptors (Lipinski definition) is 4. The van der Waals surface area contributed by atoms with Crippen molar-refractivity contribution >= 4 is 23.5 Å². The quantitative estimate of drug-likeness (QED) is 0.240. The lowest BCUT2D eigenvalue weighted by molar-refractivity contribution is -0.166. The summed E-state index contributed by atoms with van der Waals surface area (Å²) in [7, 11) is 0. The van der Waals surface area contributed by atoms with Gasteiger partial charge in [-0.3, -0.25) is 4.79 Å². The minimum absolute atomic E-state index is 0.0510. The number of rotatable bonds is 13. The zero-order valence-electron chi connectivity index (χ0n) is 24.1. The van der Waals surface area contributed by atoms with E-state index in [0.717, 1.165) is 16.7 Å². The third-order valence-electron chi connectivity index (χ3n) is 6.99. The Bertz CT molecular complexity index is 1250. The van der Waals surface area contributed by atoms with Crippen molar-refractivity contribution in [2.75, 3.05) is 13.2 Å². The first-order valence-corrected chi connectivity index (χ1v) is 14.0. The lowest BCUT2D eigenvalue weighted by atomic mass is 9.87. The average Bonchev–Trinajstić information content (AvgIpc) is 2.92. The van der Waals surface area contributed by atoms with Crippen molar-refractivity contribution in [3.8, 4) is 5.75 Å². The summed E-state index contributed by atoms with van der Waals surface area (Å²) >= 11 is 6.06. The summed E-state index contributed by atoms with van der Waals surface area (Å²) < 4.78 is 11.5. The van der Waals surface area contributed by atoms with Gasteiger partial charge in [0.25, 0.3) is 5.91 Å². The van der Waals surface area contributed by atoms with E-state index in [1.54, 1.807) is 24.0 Å². The highest BCUT2D eigenvalue weighted by Gasteiger charge is 2.37. The van der Waals surface area contributed by atoms with Crippen molar-refractivity contribution in [2.24, 2.45) is 0 Å². The molecule has 0 aliphatic carbocycles. The molecule has 0 spiro atoms. The molecule has 7 heteroatoms. The number of aliphatic carboxylic acids is 1. The Labute approximate surface area is 242 Å². The van der Waals surface area contributed by atoms with E-state index >= 15 is 0 Å². The van der Waals surface area contributed by atoms with Gasteiger partial charge < -0.3 is 19.5 Å². The van der Waals surface area contributed by atoms with Crippen LogP contribution in [0.1, 0.15) is 63.3 Å². The fourth-order valence-electron chi connectivity index (χ4n) is 4.49. The zero-order valence-corrected chi connectivity index (χ0v) is 24.8. The molecule has 0 saturated heterocycles. The number of carbonyl (C=O) groups is 2. The Morgan fingerprint density at radius 2 is 1.35 bits per heavy atom. The Kier molecular flexibility index (Phi) is 10.8. The molecule has 3 aromatic rings. The van der Waals surface area contributed by atoms with E-state index in [4.69, 9.17) is 21.1 Å². The molecule has 40 heavy (non-hydrogen) atoms. The lowest BCUT2D eigenvalue weighted by Gasteiger charge is -2.28. The molecular weight excluding hydrogens is 526 g/mol. The first kappa shape index (κ1) is 31.2. The highest BCUT2D eigenvalue weighted by molar-refractivity contribution is 6.30. The summed E-state index contributed by atoms with van der Waals surface area (Å²) in [4.78, 5) is 27.0. The van der Waals surface area contributed by atoms with Gasteiger partial charge in [0.2, 0.25) is 0 Å². The van der Waals surface area contributed by atoms with E-state index in [1.165, 1.54) is 5.56 Å². The molecule has 0 heterocycles. The Balaban J connectivity index is 1.70. The van der Waals surface area contributed by atoms with Gasteiger partial charge in [-0.2, -0.15) is 0 Å². The maximum Gasteiger partial charge on any atom is 0.336 e. The molecule has 0 saturated carbocycles. The van der Waals surface area contributed by atoms with Crippen LogP contribution in [0.25, 0.3) is 0 Å². The predicted octanol–water partition coefficient (Wildman–Crippen LogP) is 7.06. The van der Waals surface area contributed by atoms with Crippen LogP contribution in [-0.2, 0) is 39.3 Å². The third kappa shape index (κ3) is 8.57. The molecule has 0 unspecified atom stereocenters. The molecule has 0 aliphatic heterocycles. The van der Waals surface area contributed by atoms with Crippen molar-refractivity contribution in [2.45, 2.75) is 71.6 Å². The summed E-state index contributed by atoms with van der Waals surface area (Å²) in [5.41, 5.74) is 2.85. The Morgan fingerprint density at radius 3 is 1.82 bits per heavy atom. The molecule has 0 aliphatic rings. The van der Waals surface area contributed by atoms with Crippen molar-refractivity contribution < 1.29 is 24.2 Å². The molecular formula is C33H40ClNO5. The Hall–Kier alpha value is -3.35. The van der Waals surface area contributed by atoms with Gasteiger partial charge in [-0.05, 0) is 65.3 Å². The minimum Gasteiger partial charge on any atom is -0.484 e. The number of benzene rings is 3. The Morgan fingerprint density at radius 1 is 0.825 bits per heavy atom. The predicted molar refractivity (Wildman–Crippen MR) is 159 cm³/mol. The van der Waals surface area contributed by atoms with E-state index in [-0.39, 0.29) is 24.3 Å². The molecule has 0 bridgehead atoms. The van der Waals surface area contributed by atoms with E-state index in [2.05, 4.69) is 45.0 Å². The summed E-state index contributed by atoms with van der Waals surface area (Å²) in [6.45, 7) is 11.2. The van der Waals surface area contributed by atoms with Crippen molar-refractivity contribution in [1.29, 1.82) is 0 Å². The van der Waals surface area contributed by atoms with Crippen LogP contribution in [0.15, 0.2) is 72.8 Å². The van der Waals surface area contributed by atoms with Gasteiger partial charge in [0.05, 0.1) is 0 Å². The first-order chi connectivity index (χ1) is 19.0. The van der Waals surface area contributed by atoms with Crippen LogP contribution < -0.4 is 4.74 Å². The summed E-state index contributed by atoms with van der Waals surface area (Å²) in [6, 6.07) is 23.0. The number of halogens is 1. The smallest absolute Gasteiger partial charge is 0.336 e. The summed E-state index contributed by atoms with van der Waals surface area (Å²) in [5, 5.41) is 10.4. The normalized spacial score (nSPS) is 12.9. The maximum absolute atomic E-state index is 13.4. The van der Waals surface area contributed by atoms with E-state index in [0.29, 0.717) is 36.9 Å². The largest absolute Gasteiger partial charge is 0.484 e. The molecule has 1 N–H and O–H groups in total. The number of carboxylic acid groups (broad SMARTS) is 1. The van der Waals surface area contributed by atoms with Gasteiger partial charge in [0.15, 0.2) is 12.2 Å². The highest BCUT2D eigenvalue weighted by Crippen LogP contribution is 2.25. The van der Waals surface area contributed by atoms with Gasteiger partial charge in [-0.25, -0.2) is 4.79 Å². The molecule has 3 rings (SSSR count). The standard InChI is InChI=1S/C33H40ClNO5/c1-6-33(31(37)38,40-7-2)20-24-12-18-29(19-13-24)39-23-30(36)35(22-26-10-16-28(34)17-11-26)21-25-8-14-27(15-9-25)32(3,4)5/h8-19H,6-7,20-23H2,1-5H3,(H,37,38)/t33-/m0/s1. The molecule has 214 valence electrons. The van der Waals surface area contributed by atoms with Crippen LogP contribution in [0.4, 0.5) is 0 Å². The van der Waals surface area contributed by atoms with E-state index < -0.39 is 11.6 Å². The van der Waals surface area contributed by atoms with Crippen LogP contribution in [-0.4, -0.2) is 40.7 Å². The van der Waals surface area contributed by atoms with Gasteiger partial charge >= 0.3 is 5.97 Å². The van der Waals surface area contributed by atoms with Crippen molar-refractivity contribution in [3.63, 3.8) is 0 Å². The highest BCUT2D eigenvalue weighted by atomic mass is 35.5. The SMILES string of the molecule is CCO[C@@](CC)(Cc1ccc(OCC(=O)N(Cc2ccc(Cl)cc2)Cc2ccc(C(C)(C)C)cc2)cc1)C(=O)O. The number of hydrogen-bond donors (Lipinski definition) is 1. The molecule has 6 nitrogen and oxygen atoms in total. The zero-order chi connectivity index (χ0) is 29.3. The number of nitrogens with zero attached hydrogens (tertiary/aromatic N) is 1. The topological polar surface area (TPSA) is 76.1 Å². The molecule has 0 fully saturated rings. The molecule has 0 aromatic heterocycles. The van der Waals surface area contributed by atoms with Gasteiger partial charge in [0.1, 0.15) is 5.75 Å². The minimum atomic E-state index is -1.26. The van der Waals surface area contributed by atoms with Gasteiger partial charge in [0, 0.05) is 31.1 Å². The monoisotopic (exact) mass is 565 g/mol. The van der Waals surface area contributed by atoms with E-state index in [1.807, 2.05) is 43.3 Å². The molecule has 1 atom stereocenters. The molecule has 3 aromatic carbocycles. The van der Waals surface area contributed by atoms with Crippen LogP contribution >= 0.6 is 11.6 Å². The summed E-state index contributed by atoms with van der Waals surface area (Å²) in [6.07, 6.45) is 0.597. The maximum atomic E-state index is 13.4. The summed E-state index contributed by atoms with van der Waals surface area (Å²) in [5.74, 6) is -0.588. The fourth-order valence-corrected chi connectivity index (χ4v) is 4.61. The van der Waals surface area contributed by atoms with Gasteiger partial charge in [-0.1, -0.05) is 87.8 Å². The van der Waals surface area contributed by atoms with Crippen LogP contribution in [0.2, 0.25) is 5.02 Å². The number of carboxylic acids is 1. The second kappa shape index (κ2) is 13.8. The van der Waals surface area contributed by atoms with Crippen LogP contribution in [0, 0.1) is 0 Å². The van der Waals surface area contributed by atoms with Crippen LogP contribution in [0.5, 0.6) is 5.75 Å². The number of amides is 1. The number of ether oxygens (including phenoxy) is 2. The second-order valence-electron chi connectivity index (χ2n) is 11.0. The van der Waals surface area contributed by atoms with Crippen molar-refractivity contribution in [1.82, 2.24) is 4.90 Å². The second-order valence-corrected chi connectivity index (χ2v) is 11.5.